The number of aryl methyl sites for hydroxylation is 1. The highest BCUT2D eigenvalue weighted by Gasteiger charge is 2.28. The third kappa shape index (κ3) is 4.39. The van der Waals surface area contributed by atoms with Gasteiger partial charge in [0.25, 0.3) is 0 Å². The van der Waals surface area contributed by atoms with E-state index in [9.17, 15) is 12.8 Å². The van der Waals surface area contributed by atoms with E-state index in [2.05, 4.69) is 4.72 Å². The van der Waals surface area contributed by atoms with Crippen molar-refractivity contribution in [2.45, 2.75) is 43.5 Å². The molecule has 1 aromatic rings. The molecule has 1 aliphatic rings. The Bertz CT molecular complexity index is 580. The summed E-state index contributed by atoms with van der Waals surface area (Å²) in [6, 6.07) is 3.72. The highest BCUT2D eigenvalue weighted by molar-refractivity contribution is 7.89. The van der Waals surface area contributed by atoms with Gasteiger partial charge in [0.05, 0.1) is 4.90 Å². The lowest BCUT2D eigenvalue weighted by Crippen LogP contribution is -2.44. The molecule has 0 aromatic heterocycles. The first kappa shape index (κ1) is 18.4. The van der Waals surface area contributed by atoms with E-state index < -0.39 is 15.8 Å². The van der Waals surface area contributed by atoms with E-state index in [1.807, 2.05) is 0 Å². The van der Waals surface area contributed by atoms with Gasteiger partial charge in [-0.3, -0.25) is 0 Å². The highest BCUT2D eigenvalue weighted by Crippen LogP contribution is 2.25. The van der Waals surface area contributed by atoms with Gasteiger partial charge in [0.15, 0.2) is 0 Å². The predicted molar refractivity (Wildman–Crippen MR) is 83.5 cm³/mol. The van der Waals surface area contributed by atoms with Crippen LogP contribution < -0.4 is 10.5 Å². The molecular weight excluding hydrogens is 315 g/mol. The van der Waals surface area contributed by atoms with E-state index in [1.54, 1.807) is 6.92 Å². The fraction of sp³-hybridized carbons (Fsp3) is 0.571. The molecule has 1 aliphatic carbocycles. The van der Waals surface area contributed by atoms with Gasteiger partial charge in [0.2, 0.25) is 10.0 Å². The summed E-state index contributed by atoms with van der Waals surface area (Å²) in [6.45, 7) is 2.04. The van der Waals surface area contributed by atoms with Crippen molar-refractivity contribution >= 4 is 22.4 Å². The standard InChI is InChI=1S/C14H21FN2O2S.ClH/c1-10-8-12(6-7-13(10)15)20(18,19)17-14-5-3-2-4-11(14)9-16;/h6-8,11,14,17H,2-5,9,16H2,1H3;1H. The van der Waals surface area contributed by atoms with Gasteiger partial charge >= 0.3 is 0 Å². The lowest BCUT2D eigenvalue weighted by molar-refractivity contribution is 0.296. The molecule has 2 unspecified atom stereocenters. The van der Waals surface area contributed by atoms with Crippen LogP contribution in [0.2, 0.25) is 0 Å². The molecule has 0 heterocycles. The minimum absolute atomic E-state index is 0. The van der Waals surface area contributed by atoms with E-state index in [1.165, 1.54) is 18.2 Å². The van der Waals surface area contributed by atoms with Crippen LogP contribution >= 0.6 is 12.4 Å². The van der Waals surface area contributed by atoms with Crippen LogP contribution in [0.3, 0.4) is 0 Å². The van der Waals surface area contributed by atoms with Gasteiger partial charge in [-0.15, -0.1) is 12.4 Å². The average molecular weight is 337 g/mol. The second kappa shape index (κ2) is 7.54. The molecule has 0 bridgehead atoms. The number of hydrogen-bond acceptors (Lipinski definition) is 3. The van der Waals surface area contributed by atoms with Crippen molar-refractivity contribution in [3.05, 3.63) is 29.6 Å². The van der Waals surface area contributed by atoms with Gasteiger partial charge in [-0.05, 0) is 56.0 Å². The number of sulfonamides is 1. The first-order chi connectivity index (χ1) is 9.44. The summed E-state index contributed by atoms with van der Waals surface area (Å²) in [5.74, 6) is -0.221. The van der Waals surface area contributed by atoms with Crippen LogP contribution in [-0.4, -0.2) is 21.0 Å². The van der Waals surface area contributed by atoms with Gasteiger partial charge in [-0.2, -0.15) is 0 Å². The predicted octanol–water partition coefficient (Wildman–Crippen LogP) is 2.35. The molecule has 1 aromatic carbocycles. The zero-order chi connectivity index (χ0) is 14.8. The molecule has 0 amide bonds. The smallest absolute Gasteiger partial charge is 0.240 e. The quantitative estimate of drug-likeness (QED) is 0.886. The minimum atomic E-state index is -3.61. The van der Waals surface area contributed by atoms with Gasteiger partial charge in [-0.25, -0.2) is 17.5 Å². The van der Waals surface area contributed by atoms with Gasteiger partial charge < -0.3 is 5.73 Å². The fourth-order valence-corrected chi connectivity index (χ4v) is 4.12. The number of nitrogens with one attached hydrogen (secondary N) is 1. The fourth-order valence-electron chi connectivity index (χ4n) is 2.70. The van der Waals surface area contributed by atoms with Crippen LogP contribution in [0, 0.1) is 18.7 Å². The molecule has 2 rings (SSSR count). The van der Waals surface area contributed by atoms with Crippen LogP contribution in [-0.2, 0) is 10.0 Å². The Kier molecular flexibility index (Phi) is 6.59. The molecule has 1 saturated carbocycles. The van der Waals surface area contributed by atoms with Crippen molar-refractivity contribution in [3.63, 3.8) is 0 Å². The first-order valence-electron chi connectivity index (χ1n) is 6.92. The van der Waals surface area contributed by atoms with Crippen molar-refractivity contribution in [1.82, 2.24) is 4.72 Å². The monoisotopic (exact) mass is 336 g/mol. The number of benzene rings is 1. The minimum Gasteiger partial charge on any atom is -0.330 e. The van der Waals surface area contributed by atoms with Crippen molar-refractivity contribution in [2.75, 3.05) is 6.54 Å². The van der Waals surface area contributed by atoms with Crippen LogP contribution in [0.15, 0.2) is 23.1 Å². The molecule has 0 saturated heterocycles. The van der Waals surface area contributed by atoms with Crippen molar-refractivity contribution in [3.8, 4) is 0 Å². The second-order valence-corrected chi connectivity index (χ2v) is 7.13. The van der Waals surface area contributed by atoms with E-state index >= 15 is 0 Å². The van der Waals surface area contributed by atoms with Crippen LogP contribution in [0.25, 0.3) is 0 Å². The van der Waals surface area contributed by atoms with E-state index in [4.69, 9.17) is 5.73 Å². The lowest BCUT2D eigenvalue weighted by Gasteiger charge is -2.31. The Morgan fingerprint density at radius 1 is 1.33 bits per heavy atom. The number of halogens is 2. The maximum Gasteiger partial charge on any atom is 0.240 e. The normalized spacial score (nSPS) is 22.6. The summed E-state index contributed by atoms with van der Waals surface area (Å²) in [5.41, 5.74) is 6.04. The van der Waals surface area contributed by atoms with Crippen LogP contribution in [0.5, 0.6) is 0 Å². The highest BCUT2D eigenvalue weighted by atomic mass is 35.5. The second-order valence-electron chi connectivity index (χ2n) is 5.42. The average Bonchev–Trinajstić information content (AvgIpc) is 2.42. The van der Waals surface area contributed by atoms with Crippen LogP contribution in [0.4, 0.5) is 4.39 Å². The molecular formula is C14H22ClFN2O2S. The summed E-state index contributed by atoms with van der Waals surface area (Å²) in [6.07, 6.45) is 3.86. The Hall–Kier alpha value is -0.690. The Labute approximate surface area is 131 Å². The van der Waals surface area contributed by atoms with Crippen molar-refractivity contribution < 1.29 is 12.8 Å². The largest absolute Gasteiger partial charge is 0.330 e. The molecule has 2 atom stereocenters. The van der Waals surface area contributed by atoms with Crippen molar-refractivity contribution in [1.29, 1.82) is 0 Å². The Morgan fingerprint density at radius 2 is 2.00 bits per heavy atom. The van der Waals surface area contributed by atoms with E-state index in [0.717, 1.165) is 25.7 Å². The summed E-state index contributed by atoms with van der Waals surface area (Å²) in [7, 11) is -3.61. The maximum atomic E-state index is 13.2. The van der Waals surface area contributed by atoms with Crippen LogP contribution in [0.1, 0.15) is 31.2 Å². The lowest BCUT2D eigenvalue weighted by atomic mass is 9.85. The molecule has 120 valence electrons. The number of nitrogens with two attached hydrogens (primary N) is 1. The van der Waals surface area contributed by atoms with E-state index in [-0.39, 0.29) is 29.3 Å². The summed E-state index contributed by atoms with van der Waals surface area (Å²) in [5, 5.41) is 0. The Morgan fingerprint density at radius 3 is 2.62 bits per heavy atom. The Balaban J connectivity index is 0.00000220. The molecule has 0 aliphatic heterocycles. The zero-order valence-electron chi connectivity index (χ0n) is 12.0. The summed E-state index contributed by atoms with van der Waals surface area (Å²) < 4.78 is 40.7. The molecule has 21 heavy (non-hydrogen) atoms. The molecule has 0 radical (unpaired) electrons. The third-order valence-electron chi connectivity index (χ3n) is 3.96. The SMILES string of the molecule is Cc1cc(S(=O)(=O)NC2CCCCC2CN)ccc1F.Cl. The third-order valence-corrected chi connectivity index (χ3v) is 5.45. The molecule has 4 nitrogen and oxygen atoms in total. The topological polar surface area (TPSA) is 72.2 Å². The summed E-state index contributed by atoms with van der Waals surface area (Å²) >= 11 is 0. The number of hydrogen-bond donors (Lipinski definition) is 2. The molecule has 1 fully saturated rings. The van der Waals surface area contributed by atoms with Crippen molar-refractivity contribution in [2.24, 2.45) is 11.7 Å². The van der Waals surface area contributed by atoms with E-state index in [0.29, 0.717) is 12.1 Å². The molecule has 0 spiro atoms. The zero-order valence-corrected chi connectivity index (χ0v) is 13.6. The molecule has 3 N–H and O–H groups in total. The maximum absolute atomic E-state index is 13.2. The van der Waals surface area contributed by atoms with Gasteiger partial charge in [0, 0.05) is 6.04 Å². The first-order valence-corrected chi connectivity index (χ1v) is 8.41. The van der Waals surface area contributed by atoms with Gasteiger partial charge in [0.1, 0.15) is 5.82 Å². The summed E-state index contributed by atoms with van der Waals surface area (Å²) in [4.78, 5) is 0.109. The number of rotatable bonds is 4. The van der Waals surface area contributed by atoms with Gasteiger partial charge in [-0.1, -0.05) is 12.8 Å². The molecule has 7 heteroatoms.